The quantitative estimate of drug-likeness (QED) is 0.825. The first-order chi connectivity index (χ1) is 11.1. The summed E-state index contributed by atoms with van der Waals surface area (Å²) in [6, 6.07) is 8.37. The summed E-state index contributed by atoms with van der Waals surface area (Å²) in [5, 5.41) is 2.55. The summed E-state index contributed by atoms with van der Waals surface area (Å²) in [5.74, 6) is -0.112. The summed E-state index contributed by atoms with van der Waals surface area (Å²) in [7, 11) is 0. The van der Waals surface area contributed by atoms with Crippen molar-refractivity contribution in [2.45, 2.75) is 13.3 Å². The molecule has 6 nitrogen and oxygen atoms in total. The van der Waals surface area contributed by atoms with Gasteiger partial charge in [0.1, 0.15) is 0 Å². The number of nitrogens with one attached hydrogen (secondary N) is 1. The summed E-state index contributed by atoms with van der Waals surface area (Å²) in [6.45, 7) is 7.80. The molecule has 0 aliphatic carbocycles. The molecule has 2 heterocycles. The maximum Gasteiger partial charge on any atom is 0.324 e. The van der Waals surface area contributed by atoms with Crippen LogP contribution in [-0.2, 0) is 4.79 Å². The molecule has 2 saturated heterocycles. The molecule has 2 aliphatic heterocycles. The van der Waals surface area contributed by atoms with Crippen molar-refractivity contribution >= 4 is 17.6 Å². The third-order valence-electron chi connectivity index (χ3n) is 4.53. The molecule has 23 heavy (non-hydrogen) atoms. The Labute approximate surface area is 137 Å². The van der Waals surface area contributed by atoms with Gasteiger partial charge in [-0.05, 0) is 37.6 Å². The van der Waals surface area contributed by atoms with Crippen LogP contribution in [0.5, 0.6) is 0 Å². The fourth-order valence-corrected chi connectivity index (χ4v) is 3.19. The van der Waals surface area contributed by atoms with Gasteiger partial charge in [-0.2, -0.15) is 0 Å². The minimum Gasteiger partial charge on any atom is -0.369 e. The molecule has 0 saturated carbocycles. The minimum absolute atomic E-state index is 0.112. The van der Waals surface area contributed by atoms with Gasteiger partial charge < -0.3 is 10.2 Å². The smallest absolute Gasteiger partial charge is 0.324 e. The first-order valence-corrected chi connectivity index (χ1v) is 8.25. The highest BCUT2D eigenvalue weighted by Crippen LogP contribution is 2.17. The van der Waals surface area contributed by atoms with Crippen LogP contribution < -0.4 is 10.2 Å². The number of imide groups is 1. The highest BCUT2D eigenvalue weighted by molar-refractivity contribution is 6.01. The van der Waals surface area contributed by atoms with Crippen molar-refractivity contribution in [2.24, 2.45) is 0 Å². The molecule has 1 N–H and O–H groups in total. The molecule has 0 spiro atoms. The van der Waals surface area contributed by atoms with E-state index < -0.39 is 0 Å². The molecule has 124 valence electrons. The number of amides is 3. The Morgan fingerprint density at radius 1 is 1.09 bits per heavy atom. The molecular formula is C17H24N4O2. The largest absolute Gasteiger partial charge is 0.369 e. The van der Waals surface area contributed by atoms with E-state index in [0.717, 1.165) is 39.1 Å². The van der Waals surface area contributed by atoms with Gasteiger partial charge in [0.15, 0.2) is 0 Å². The first-order valence-electron chi connectivity index (χ1n) is 8.25. The van der Waals surface area contributed by atoms with Gasteiger partial charge in [-0.1, -0.05) is 12.1 Å². The molecule has 2 aliphatic rings. The second kappa shape index (κ2) is 7.00. The molecule has 0 bridgehead atoms. The summed E-state index contributed by atoms with van der Waals surface area (Å²) < 4.78 is 0. The number of benzene rings is 1. The van der Waals surface area contributed by atoms with Crippen molar-refractivity contribution in [2.75, 3.05) is 50.7 Å². The van der Waals surface area contributed by atoms with Crippen molar-refractivity contribution < 1.29 is 9.59 Å². The number of carbonyl (C=O) groups is 2. The van der Waals surface area contributed by atoms with E-state index in [2.05, 4.69) is 46.3 Å². The molecule has 3 amide bonds. The molecular weight excluding hydrogens is 292 g/mol. The number of carbonyl (C=O) groups excluding carboxylic acids is 2. The molecule has 2 fully saturated rings. The highest BCUT2D eigenvalue weighted by Gasteiger charge is 2.28. The van der Waals surface area contributed by atoms with Crippen molar-refractivity contribution in [1.29, 1.82) is 0 Å². The average Bonchev–Trinajstić information content (AvgIpc) is 2.87. The third kappa shape index (κ3) is 3.82. The van der Waals surface area contributed by atoms with Gasteiger partial charge in [0, 0.05) is 38.4 Å². The number of nitrogens with zero attached hydrogens (tertiary/aromatic N) is 3. The molecule has 0 atom stereocenters. The van der Waals surface area contributed by atoms with Crippen LogP contribution in [0.1, 0.15) is 12.0 Å². The second-order valence-electron chi connectivity index (χ2n) is 6.23. The monoisotopic (exact) mass is 316 g/mol. The molecule has 6 heteroatoms. The van der Waals surface area contributed by atoms with Crippen LogP contribution in [0.4, 0.5) is 10.5 Å². The van der Waals surface area contributed by atoms with Crippen molar-refractivity contribution in [3.05, 3.63) is 29.8 Å². The predicted octanol–water partition coefficient (Wildman–Crippen LogP) is 1.06. The SMILES string of the molecule is Cc1cccc(N2CCN(CCCN3C(=O)CNC3=O)CC2)c1. The number of hydrogen-bond donors (Lipinski definition) is 1. The Morgan fingerprint density at radius 2 is 1.87 bits per heavy atom. The zero-order valence-corrected chi connectivity index (χ0v) is 13.6. The molecule has 1 aromatic carbocycles. The Bertz CT molecular complexity index is 566. The Kier molecular flexibility index (Phi) is 4.81. The Hall–Kier alpha value is -2.08. The van der Waals surface area contributed by atoms with E-state index in [1.54, 1.807) is 0 Å². The number of hydrogen-bond acceptors (Lipinski definition) is 4. The van der Waals surface area contributed by atoms with E-state index in [1.807, 2.05) is 0 Å². The van der Waals surface area contributed by atoms with E-state index in [-0.39, 0.29) is 18.5 Å². The van der Waals surface area contributed by atoms with E-state index in [1.165, 1.54) is 16.2 Å². The molecule has 0 radical (unpaired) electrons. The minimum atomic E-state index is -0.251. The number of urea groups is 1. The molecule has 0 unspecified atom stereocenters. The van der Waals surface area contributed by atoms with Crippen molar-refractivity contribution in [1.82, 2.24) is 15.1 Å². The summed E-state index contributed by atoms with van der Waals surface area (Å²) in [4.78, 5) is 29.1. The lowest BCUT2D eigenvalue weighted by Crippen LogP contribution is -2.47. The lowest BCUT2D eigenvalue weighted by atomic mass is 10.2. The van der Waals surface area contributed by atoms with E-state index >= 15 is 0 Å². The van der Waals surface area contributed by atoms with Crippen molar-refractivity contribution in [3.63, 3.8) is 0 Å². The van der Waals surface area contributed by atoms with Crippen LogP contribution in [-0.4, -0.2) is 67.6 Å². The fourth-order valence-electron chi connectivity index (χ4n) is 3.19. The normalized spacial score (nSPS) is 19.3. The van der Waals surface area contributed by atoms with E-state index in [0.29, 0.717) is 6.54 Å². The zero-order chi connectivity index (χ0) is 16.2. The number of aryl methyl sites for hydroxylation is 1. The van der Waals surface area contributed by atoms with Crippen LogP contribution in [0.3, 0.4) is 0 Å². The molecule has 1 aromatic rings. The first kappa shape index (κ1) is 15.8. The van der Waals surface area contributed by atoms with Crippen LogP contribution in [0.2, 0.25) is 0 Å². The lowest BCUT2D eigenvalue weighted by molar-refractivity contribution is -0.125. The number of piperazine rings is 1. The maximum atomic E-state index is 11.5. The lowest BCUT2D eigenvalue weighted by Gasteiger charge is -2.36. The van der Waals surface area contributed by atoms with Crippen LogP contribution in [0.25, 0.3) is 0 Å². The third-order valence-corrected chi connectivity index (χ3v) is 4.53. The van der Waals surface area contributed by atoms with Gasteiger partial charge in [0.05, 0.1) is 6.54 Å². The number of rotatable bonds is 5. The van der Waals surface area contributed by atoms with Crippen LogP contribution in [0, 0.1) is 6.92 Å². The Balaban J connectivity index is 1.41. The fraction of sp³-hybridized carbons (Fsp3) is 0.529. The Morgan fingerprint density at radius 3 is 2.52 bits per heavy atom. The zero-order valence-electron chi connectivity index (χ0n) is 13.6. The molecule has 3 rings (SSSR count). The predicted molar refractivity (Wildman–Crippen MR) is 89.6 cm³/mol. The topological polar surface area (TPSA) is 55.9 Å². The van der Waals surface area contributed by atoms with Crippen LogP contribution >= 0.6 is 0 Å². The van der Waals surface area contributed by atoms with Gasteiger partial charge in [0.25, 0.3) is 0 Å². The van der Waals surface area contributed by atoms with Crippen molar-refractivity contribution in [3.8, 4) is 0 Å². The summed E-state index contributed by atoms with van der Waals surface area (Å²) in [5.41, 5.74) is 2.59. The van der Waals surface area contributed by atoms with Gasteiger partial charge in [-0.3, -0.25) is 14.6 Å². The summed E-state index contributed by atoms with van der Waals surface area (Å²) >= 11 is 0. The second-order valence-corrected chi connectivity index (χ2v) is 6.23. The van der Waals surface area contributed by atoms with Crippen LogP contribution in [0.15, 0.2) is 24.3 Å². The van der Waals surface area contributed by atoms with E-state index in [9.17, 15) is 9.59 Å². The van der Waals surface area contributed by atoms with E-state index in [4.69, 9.17) is 0 Å². The average molecular weight is 316 g/mol. The number of anilines is 1. The van der Waals surface area contributed by atoms with Gasteiger partial charge >= 0.3 is 6.03 Å². The van der Waals surface area contributed by atoms with Gasteiger partial charge in [-0.25, -0.2) is 4.79 Å². The molecule has 0 aromatic heterocycles. The van der Waals surface area contributed by atoms with Gasteiger partial charge in [-0.15, -0.1) is 0 Å². The maximum absolute atomic E-state index is 11.5. The standard InChI is InChI=1S/C17H24N4O2/c1-14-4-2-5-15(12-14)20-10-8-19(9-11-20)6-3-7-21-16(22)13-18-17(21)23/h2,4-5,12H,3,6-11,13H2,1H3,(H,18,23). The van der Waals surface area contributed by atoms with Gasteiger partial charge in [0.2, 0.25) is 5.91 Å². The summed E-state index contributed by atoms with van der Waals surface area (Å²) in [6.07, 6.45) is 0.837. The highest BCUT2D eigenvalue weighted by atomic mass is 16.2.